The van der Waals surface area contributed by atoms with Crippen molar-refractivity contribution in [2.75, 3.05) is 6.61 Å². The van der Waals surface area contributed by atoms with Crippen molar-refractivity contribution in [1.29, 1.82) is 0 Å². The lowest BCUT2D eigenvalue weighted by molar-refractivity contribution is 0.0954. The third-order valence-corrected chi connectivity index (χ3v) is 3.40. The summed E-state index contributed by atoms with van der Waals surface area (Å²) >= 11 is 0. The standard InChI is InChI=1S/C16H22N4O2/c1-10(2)8-9-22-13-7-5-4-6-12(13)15-14(16(21)18-17)11(3)19-20-15/h4-7,10H,8-9,17H2,1-3H3,(H,18,21)(H,19,20). The molecule has 1 amide bonds. The Bertz CT molecular complexity index is 649. The number of nitrogen functional groups attached to an aromatic ring is 1. The van der Waals surface area contributed by atoms with E-state index in [4.69, 9.17) is 10.6 Å². The van der Waals surface area contributed by atoms with E-state index in [1.165, 1.54) is 0 Å². The molecule has 0 aliphatic heterocycles. The van der Waals surface area contributed by atoms with Gasteiger partial charge in [0.05, 0.1) is 12.2 Å². The van der Waals surface area contributed by atoms with Crippen molar-refractivity contribution in [3.05, 3.63) is 35.5 Å². The number of benzene rings is 1. The molecule has 0 spiro atoms. The molecule has 0 bridgehead atoms. The molecule has 0 aliphatic carbocycles. The van der Waals surface area contributed by atoms with Crippen molar-refractivity contribution >= 4 is 5.91 Å². The van der Waals surface area contributed by atoms with Crippen LogP contribution in [0.4, 0.5) is 0 Å². The maximum absolute atomic E-state index is 12.0. The fraction of sp³-hybridized carbons (Fsp3) is 0.375. The number of aryl methyl sites for hydroxylation is 1. The van der Waals surface area contributed by atoms with Crippen LogP contribution in [0, 0.1) is 12.8 Å². The third kappa shape index (κ3) is 3.46. The van der Waals surface area contributed by atoms with Gasteiger partial charge in [-0.3, -0.25) is 15.3 Å². The molecule has 0 saturated heterocycles. The number of carbonyl (C=O) groups excluding carboxylic acids is 1. The number of nitrogens with zero attached hydrogens (tertiary/aromatic N) is 1. The van der Waals surface area contributed by atoms with Crippen LogP contribution in [-0.2, 0) is 0 Å². The summed E-state index contributed by atoms with van der Waals surface area (Å²) in [7, 11) is 0. The second-order valence-electron chi connectivity index (χ2n) is 5.57. The Labute approximate surface area is 130 Å². The van der Waals surface area contributed by atoms with Crippen molar-refractivity contribution in [1.82, 2.24) is 15.6 Å². The average Bonchev–Trinajstić information content (AvgIpc) is 2.88. The predicted molar refractivity (Wildman–Crippen MR) is 85.4 cm³/mol. The fourth-order valence-corrected chi connectivity index (χ4v) is 2.17. The molecular formula is C16H22N4O2. The number of H-pyrrole nitrogens is 1. The highest BCUT2D eigenvalue weighted by Crippen LogP contribution is 2.32. The van der Waals surface area contributed by atoms with Crippen LogP contribution in [0.5, 0.6) is 5.75 Å². The van der Waals surface area contributed by atoms with Crippen LogP contribution >= 0.6 is 0 Å². The lowest BCUT2D eigenvalue weighted by Gasteiger charge is -2.12. The van der Waals surface area contributed by atoms with E-state index >= 15 is 0 Å². The van der Waals surface area contributed by atoms with E-state index in [-0.39, 0.29) is 5.91 Å². The Kier molecular flexibility index (Phi) is 5.16. The number of hydrazine groups is 1. The van der Waals surface area contributed by atoms with Gasteiger partial charge >= 0.3 is 0 Å². The normalized spacial score (nSPS) is 10.8. The molecule has 2 aromatic rings. The highest BCUT2D eigenvalue weighted by Gasteiger charge is 2.21. The summed E-state index contributed by atoms with van der Waals surface area (Å²) in [5.41, 5.74) is 4.57. The molecule has 6 heteroatoms. The largest absolute Gasteiger partial charge is 0.493 e. The molecule has 0 saturated carbocycles. The fourth-order valence-electron chi connectivity index (χ4n) is 2.17. The van der Waals surface area contributed by atoms with E-state index in [2.05, 4.69) is 29.5 Å². The summed E-state index contributed by atoms with van der Waals surface area (Å²) in [4.78, 5) is 12.0. The Morgan fingerprint density at radius 2 is 2.14 bits per heavy atom. The molecule has 1 heterocycles. The molecule has 0 aliphatic rings. The summed E-state index contributed by atoms with van der Waals surface area (Å²) in [5.74, 6) is 6.16. The first kappa shape index (κ1) is 16.0. The number of hydrogen-bond donors (Lipinski definition) is 3. The lowest BCUT2D eigenvalue weighted by atomic mass is 10.0. The second-order valence-corrected chi connectivity index (χ2v) is 5.57. The van der Waals surface area contributed by atoms with Gasteiger partial charge in [-0.15, -0.1) is 0 Å². The molecule has 4 N–H and O–H groups in total. The first-order chi connectivity index (χ1) is 10.5. The van der Waals surface area contributed by atoms with Gasteiger partial charge in [-0.2, -0.15) is 5.10 Å². The molecule has 1 aromatic heterocycles. The van der Waals surface area contributed by atoms with Gasteiger partial charge in [0, 0.05) is 11.3 Å². The van der Waals surface area contributed by atoms with Crippen LogP contribution in [0.2, 0.25) is 0 Å². The minimum Gasteiger partial charge on any atom is -0.493 e. The zero-order chi connectivity index (χ0) is 16.1. The summed E-state index contributed by atoms with van der Waals surface area (Å²) < 4.78 is 5.86. The molecule has 22 heavy (non-hydrogen) atoms. The van der Waals surface area contributed by atoms with Gasteiger partial charge in [0.1, 0.15) is 11.4 Å². The maximum Gasteiger partial charge on any atom is 0.269 e. The van der Waals surface area contributed by atoms with E-state index in [1.807, 2.05) is 24.3 Å². The van der Waals surface area contributed by atoms with E-state index < -0.39 is 0 Å². The third-order valence-electron chi connectivity index (χ3n) is 3.40. The Hall–Kier alpha value is -2.34. The highest BCUT2D eigenvalue weighted by atomic mass is 16.5. The molecule has 2 rings (SSSR count). The van der Waals surface area contributed by atoms with Crippen molar-refractivity contribution < 1.29 is 9.53 Å². The van der Waals surface area contributed by atoms with Crippen LogP contribution in [0.3, 0.4) is 0 Å². The number of aromatic amines is 1. The first-order valence-electron chi connectivity index (χ1n) is 7.32. The van der Waals surface area contributed by atoms with Gasteiger partial charge in [-0.05, 0) is 31.4 Å². The van der Waals surface area contributed by atoms with Crippen LogP contribution in [0.1, 0.15) is 36.3 Å². The Morgan fingerprint density at radius 3 is 2.82 bits per heavy atom. The van der Waals surface area contributed by atoms with Gasteiger partial charge in [0.25, 0.3) is 5.91 Å². The smallest absolute Gasteiger partial charge is 0.269 e. The van der Waals surface area contributed by atoms with E-state index in [0.717, 1.165) is 12.0 Å². The average molecular weight is 302 g/mol. The van der Waals surface area contributed by atoms with Gasteiger partial charge in [-0.1, -0.05) is 26.0 Å². The van der Waals surface area contributed by atoms with Gasteiger partial charge < -0.3 is 4.74 Å². The zero-order valence-electron chi connectivity index (χ0n) is 13.1. The highest BCUT2D eigenvalue weighted by molar-refractivity contribution is 6.01. The lowest BCUT2D eigenvalue weighted by Crippen LogP contribution is -2.30. The molecular weight excluding hydrogens is 280 g/mol. The van der Waals surface area contributed by atoms with Crippen LogP contribution in [0.15, 0.2) is 24.3 Å². The minimum absolute atomic E-state index is 0.377. The molecule has 6 nitrogen and oxygen atoms in total. The first-order valence-corrected chi connectivity index (χ1v) is 7.32. The van der Waals surface area contributed by atoms with Gasteiger partial charge in [0.2, 0.25) is 0 Å². The van der Waals surface area contributed by atoms with Crippen LogP contribution in [0.25, 0.3) is 11.3 Å². The molecule has 0 fully saturated rings. The van der Waals surface area contributed by atoms with Crippen molar-refractivity contribution in [2.24, 2.45) is 11.8 Å². The van der Waals surface area contributed by atoms with Crippen molar-refractivity contribution in [2.45, 2.75) is 27.2 Å². The number of amides is 1. The van der Waals surface area contributed by atoms with Crippen LogP contribution in [-0.4, -0.2) is 22.7 Å². The number of nitrogens with two attached hydrogens (primary N) is 1. The van der Waals surface area contributed by atoms with Crippen molar-refractivity contribution in [3.63, 3.8) is 0 Å². The number of para-hydroxylation sites is 1. The number of ether oxygens (including phenoxy) is 1. The summed E-state index contributed by atoms with van der Waals surface area (Å²) in [6, 6.07) is 7.55. The summed E-state index contributed by atoms with van der Waals surface area (Å²) in [6.45, 7) is 6.70. The number of hydrogen-bond acceptors (Lipinski definition) is 4. The Balaban J connectivity index is 2.35. The topological polar surface area (TPSA) is 93.0 Å². The molecule has 0 radical (unpaired) electrons. The molecule has 0 unspecified atom stereocenters. The predicted octanol–water partition coefficient (Wildman–Crippen LogP) is 2.41. The van der Waals surface area contributed by atoms with E-state index in [0.29, 0.717) is 35.2 Å². The van der Waals surface area contributed by atoms with Gasteiger partial charge in [-0.25, -0.2) is 5.84 Å². The van der Waals surface area contributed by atoms with Crippen molar-refractivity contribution in [3.8, 4) is 17.0 Å². The monoisotopic (exact) mass is 302 g/mol. The number of nitrogens with one attached hydrogen (secondary N) is 2. The maximum atomic E-state index is 12.0. The number of aromatic nitrogens is 2. The van der Waals surface area contributed by atoms with E-state index in [1.54, 1.807) is 6.92 Å². The van der Waals surface area contributed by atoms with E-state index in [9.17, 15) is 4.79 Å². The summed E-state index contributed by atoms with van der Waals surface area (Å²) in [5, 5.41) is 7.07. The molecule has 118 valence electrons. The molecule has 0 atom stereocenters. The zero-order valence-corrected chi connectivity index (χ0v) is 13.1. The van der Waals surface area contributed by atoms with Crippen LogP contribution < -0.4 is 16.0 Å². The Morgan fingerprint density at radius 1 is 1.41 bits per heavy atom. The van der Waals surface area contributed by atoms with Gasteiger partial charge in [0.15, 0.2) is 0 Å². The SMILES string of the molecule is Cc1[nH]nc(-c2ccccc2OCCC(C)C)c1C(=O)NN. The minimum atomic E-state index is -0.377. The number of rotatable bonds is 6. The number of carbonyl (C=O) groups is 1. The molecule has 1 aromatic carbocycles. The quantitative estimate of drug-likeness (QED) is 0.434. The second kappa shape index (κ2) is 7.09. The summed E-state index contributed by atoms with van der Waals surface area (Å²) in [6.07, 6.45) is 0.962.